The van der Waals surface area contributed by atoms with E-state index in [-0.39, 0.29) is 17.8 Å². The van der Waals surface area contributed by atoms with Gasteiger partial charge in [0.1, 0.15) is 5.60 Å². The number of rotatable bonds is 6. The third kappa shape index (κ3) is 4.19. The monoisotopic (exact) mass is 300 g/mol. The second-order valence-corrected chi connectivity index (χ2v) is 5.33. The largest absolute Gasteiger partial charge is 0.393 e. The van der Waals surface area contributed by atoms with Crippen molar-refractivity contribution in [3.8, 4) is 0 Å². The fourth-order valence-electron chi connectivity index (χ4n) is 1.40. The van der Waals surface area contributed by atoms with Crippen LogP contribution in [0, 0.1) is 10.1 Å². The minimum absolute atomic E-state index is 0.128. The topological polar surface area (TPSA) is 113 Å². The molecule has 0 aliphatic carbocycles. The van der Waals surface area contributed by atoms with Crippen LogP contribution in [0.2, 0.25) is 0 Å². The second kappa shape index (κ2) is 6.69. The van der Waals surface area contributed by atoms with E-state index in [2.05, 4.69) is 5.32 Å². The Hall–Kier alpha value is -1.64. The standard InChI is InChI=1S/C12H16N2O5S/c1-12(17,7-15)6-13-11(16)8-3-4-10(20-2)9(5-8)14(18)19/h3-5,15,17H,6-7H2,1-2H3,(H,13,16). The van der Waals surface area contributed by atoms with E-state index >= 15 is 0 Å². The first kappa shape index (κ1) is 16.4. The van der Waals surface area contributed by atoms with E-state index in [9.17, 15) is 20.0 Å². The molecule has 8 heteroatoms. The van der Waals surface area contributed by atoms with Crippen molar-refractivity contribution < 1.29 is 19.9 Å². The Bertz CT molecular complexity index is 519. The van der Waals surface area contributed by atoms with Crippen LogP contribution in [0.1, 0.15) is 17.3 Å². The number of benzene rings is 1. The molecule has 0 radical (unpaired) electrons. The van der Waals surface area contributed by atoms with Crippen molar-refractivity contribution in [1.82, 2.24) is 5.32 Å². The molecule has 0 aromatic heterocycles. The summed E-state index contributed by atoms with van der Waals surface area (Å²) in [7, 11) is 0. The molecule has 0 heterocycles. The maximum Gasteiger partial charge on any atom is 0.283 e. The lowest BCUT2D eigenvalue weighted by Crippen LogP contribution is -2.43. The number of aliphatic hydroxyl groups is 2. The summed E-state index contributed by atoms with van der Waals surface area (Å²) in [6.45, 7) is 0.714. The molecule has 1 aromatic carbocycles. The number of nitro groups is 1. The molecular weight excluding hydrogens is 284 g/mol. The summed E-state index contributed by atoms with van der Waals surface area (Å²) in [5.41, 5.74) is -1.44. The van der Waals surface area contributed by atoms with Crippen molar-refractivity contribution in [2.45, 2.75) is 17.4 Å². The third-order valence-corrected chi connectivity index (χ3v) is 3.39. The molecule has 20 heavy (non-hydrogen) atoms. The van der Waals surface area contributed by atoms with Gasteiger partial charge in [-0.25, -0.2) is 0 Å². The number of carbonyl (C=O) groups excluding carboxylic acids is 1. The van der Waals surface area contributed by atoms with Crippen LogP contribution in [0.4, 0.5) is 5.69 Å². The highest BCUT2D eigenvalue weighted by molar-refractivity contribution is 7.98. The Balaban J connectivity index is 2.89. The van der Waals surface area contributed by atoms with E-state index in [1.54, 1.807) is 6.26 Å². The van der Waals surface area contributed by atoms with Gasteiger partial charge in [0.2, 0.25) is 0 Å². The summed E-state index contributed by atoms with van der Waals surface area (Å²) in [6.07, 6.45) is 1.71. The van der Waals surface area contributed by atoms with Gasteiger partial charge in [0.15, 0.2) is 0 Å². The molecule has 0 saturated heterocycles. The van der Waals surface area contributed by atoms with Gasteiger partial charge in [0.25, 0.3) is 11.6 Å². The minimum Gasteiger partial charge on any atom is -0.393 e. The van der Waals surface area contributed by atoms with Crippen LogP contribution in [-0.2, 0) is 0 Å². The number of nitrogens with zero attached hydrogens (tertiary/aromatic N) is 1. The molecular formula is C12H16N2O5S. The molecule has 3 N–H and O–H groups in total. The zero-order valence-electron chi connectivity index (χ0n) is 11.1. The van der Waals surface area contributed by atoms with E-state index in [0.717, 1.165) is 0 Å². The van der Waals surface area contributed by atoms with Crippen LogP contribution in [0.3, 0.4) is 0 Å². The summed E-state index contributed by atoms with van der Waals surface area (Å²) in [4.78, 5) is 22.7. The van der Waals surface area contributed by atoms with Gasteiger partial charge in [-0.15, -0.1) is 11.8 Å². The molecule has 0 saturated carbocycles. The first-order valence-corrected chi connectivity index (χ1v) is 6.97. The fourth-order valence-corrected chi connectivity index (χ4v) is 1.95. The molecule has 110 valence electrons. The Morgan fingerprint density at radius 3 is 2.70 bits per heavy atom. The average molecular weight is 300 g/mol. The van der Waals surface area contributed by atoms with Gasteiger partial charge in [-0.1, -0.05) is 0 Å². The number of nitrogens with one attached hydrogen (secondary N) is 1. The summed E-state index contributed by atoms with van der Waals surface area (Å²) < 4.78 is 0. The SMILES string of the molecule is CSc1ccc(C(=O)NCC(C)(O)CO)cc1[N+](=O)[O-]. The Labute approximate surface area is 120 Å². The van der Waals surface area contributed by atoms with Crippen LogP contribution in [0.25, 0.3) is 0 Å². The lowest BCUT2D eigenvalue weighted by molar-refractivity contribution is -0.387. The maximum atomic E-state index is 11.8. The average Bonchev–Trinajstić information content (AvgIpc) is 2.44. The predicted octanol–water partition coefficient (Wildman–Crippen LogP) is 0.790. The van der Waals surface area contributed by atoms with Gasteiger partial charge in [-0.3, -0.25) is 14.9 Å². The molecule has 1 atom stereocenters. The van der Waals surface area contributed by atoms with E-state index in [0.29, 0.717) is 4.90 Å². The van der Waals surface area contributed by atoms with Crippen LogP contribution >= 0.6 is 11.8 Å². The lowest BCUT2D eigenvalue weighted by Gasteiger charge is -2.20. The molecule has 7 nitrogen and oxygen atoms in total. The molecule has 1 rings (SSSR count). The van der Waals surface area contributed by atoms with E-state index in [1.807, 2.05) is 0 Å². The molecule has 0 fully saturated rings. The number of hydrogen-bond donors (Lipinski definition) is 3. The highest BCUT2D eigenvalue weighted by Gasteiger charge is 2.21. The highest BCUT2D eigenvalue weighted by atomic mass is 32.2. The zero-order valence-corrected chi connectivity index (χ0v) is 11.9. The molecule has 1 unspecified atom stereocenters. The van der Waals surface area contributed by atoms with Crippen molar-refractivity contribution in [1.29, 1.82) is 0 Å². The van der Waals surface area contributed by atoms with Crippen molar-refractivity contribution in [3.63, 3.8) is 0 Å². The first-order valence-electron chi connectivity index (χ1n) is 5.74. The zero-order chi connectivity index (χ0) is 15.3. The smallest absolute Gasteiger partial charge is 0.283 e. The number of amides is 1. The predicted molar refractivity (Wildman–Crippen MR) is 74.9 cm³/mol. The molecule has 0 aliphatic rings. The molecule has 0 aliphatic heterocycles. The summed E-state index contributed by atoms with van der Waals surface area (Å²) >= 11 is 1.22. The number of nitro benzene ring substituents is 1. The summed E-state index contributed by atoms with van der Waals surface area (Å²) in [5.74, 6) is -0.547. The third-order valence-electron chi connectivity index (χ3n) is 2.61. The molecule has 0 spiro atoms. The second-order valence-electron chi connectivity index (χ2n) is 4.48. The molecule has 1 aromatic rings. The van der Waals surface area contributed by atoms with Crippen LogP contribution in [-0.4, -0.2) is 46.1 Å². The van der Waals surface area contributed by atoms with Crippen LogP contribution in [0.15, 0.2) is 23.1 Å². The Kier molecular flexibility index (Phi) is 5.49. The first-order chi connectivity index (χ1) is 9.30. The Morgan fingerprint density at radius 2 is 2.20 bits per heavy atom. The van der Waals surface area contributed by atoms with Gasteiger partial charge in [-0.2, -0.15) is 0 Å². The quantitative estimate of drug-likeness (QED) is 0.407. The van der Waals surface area contributed by atoms with Gasteiger partial charge in [0, 0.05) is 18.2 Å². The van der Waals surface area contributed by atoms with Gasteiger partial charge >= 0.3 is 0 Å². The maximum absolute atomic E-state index is 11.8. The number of carbonyl (C=O) groups is 1. The molecule has 1 amide bonds. The fraction of sp³-hybridized carbons (Fsp3) is 0.417. The van der Waals surface area contributed by atoms with Crippen LogP contribution < -0.4 is 5.32 Å². The van der Waals surface area contributed by atoms with Gasteiger partial charge in [-0.05, 0) is 25.3 Å². The van der Waals surface area contributed by atoms with Gasteiger partial charge in [0.05, 0.1) is 16.4 Å². The van der Waals surface area contributed by atoms with Crippen molar-refractivity contribution in [2.75, 3.05) is 19.4 Å². The number of hydrogen-bond acceptors (Lipinski definition) is 6. The minimum atomic E-state index is -1.43. The summed E-state index contributed by atoms with van der Waals surface area (Å²) in [5, 5.41) is 31.8. The van der Waals surface area contributed by atoms with E-state index in [1.165, 1.54) is 36.9 Å². The van der Waals surface area contributed by atoms with Crippen LogP contribution in [0.5, 0.6) is 0 Å². The van der Waals surface area contributed by atoms with Crippen molar-refractivity contribution in [3.05, 3.63) is 33.9 Å². The number of aliphatic hydroxyl groups excluding tert-OH is 1. The van der Waals surface area contributed by atoms with Crippen molar-refractivity contribution in [2.24, 2.45) is 0 Å². The van der Waals surface area contributed by atoms with E-state index in [4.69, 9.17) is 5.11 Å². The van der Waals surface area contributed by atoms with Gasteiger partial charge < -0.3 is 15.5 Å². The number of thioether (sulfide) groups is 1. The van der Waals surface area contributed by atoms with Crippen molar-refractivity contribution >= 4 is 23.4 Å². The summed E-state index contributed by atoms with van der Waals surface area (Å²) in [6, 6.07) is 4.17. The highest BCUT2D eigenvalue weighted by Crippen LogP contribution is 2.28. The normalized spacial score (nSPS) is 13.6. The van der Waals surface area contributed by atoms with E-state index < -0.39 is 23.0 Å². The molecule has 0 bridgehead atoms. The lowest BCUT2D eigenvalue weighted by atomic mass is 10.1. The Morgan fingerprint density at radius 1 is 1.55 bits per heavy atom.